The fourth-order valence-electron chi connectivity index (χ4n) is 3.47. The summed E-state index contributed by atoms with van der Waals surface area (Å²) >= 11 is 1.51. The summed E-state index contributed by atoms with van der Waals surface area (Å²) in [5.41, 5.74) is 1.92. The largest absolute Gasteiger partial charge is 0.343 e. The molecule has 4 rings (SSSR count). The molecular formula is C22H22N4O3S. The van der Waals surface area contributed by atoms with Crippen LogP contribution in [0.5, 0.6) is 0 Å². The molecule has 0 saturated carbocycles. The highest BCUT2D eigenvalue weighted by atomic mass is 32.2. The first-order valence-electron chi connectivity index (χ1n) is 9.92. The van der Waals surface area contributed by atoms with Gasteiger partial charge in [0, 0.05) is 18.8 Å². The molecule has 0 unspecified atom stereocenters. The molecule has 0 bridgehead atoms. The van der Waals surface area contributed by atoms with Crippen LogP contribution in [-0.2, 0) is 13.0 Å². The number of hydrogen-bond donors (Lipinski definition) is 1. The van der Waals surface area contributed by atoms with E-state index >= 15 is 0 Å². The van der Waals surface area contributed by atoms with Crippen molar-refractivity contribution in [3.05, 3.63) is 81.8 Å². The predicted octanol–water partition coefficient (Wildman–Crippen LogP) is 2.98. The Balaban J connectivity index is 1.25. The number of nitrogens with zero attached hydrogens (tertiary/aromatic N) is 3. The zero-order chi connectivity index (χ0) is 20.9. The van der Waals surface area contributed by atoms with Crippen molar-refractivity contribution in [3.8, 4) is 0 Å². The van der Waals surface area contributed by atoms with Crippen LogP contribution in [0.15, 0.2) is 64.5 Å². The van der Waals surface area contributed by atoms with Gasteiger partial charge in [0.1, 0.15) is 0 Å². The van der Waals surface area contributed by atoms with Gasteiger partial charge in [-0.1, -0.05) is 54.2 Å². The molecule has 8 heteroatoms. The lowest BCUT2D eigenvalue weighted by Gasteiger charge is -2.13. The molecule has 2 amide bonds. The van der Waals surface area contributed by atoms with Gasteiger partial charge >= 0.3 is 5.69 Å². The summed E-state index contributed by atoms with van der Waals surface area (Å²) in [5.74, 6) is 0.314. The molecule has 0 fully saturated rings. The maximum absolute atomic E-state index is 12.4. The molecule has 1 aliphatic rings. The quantitative estimate of drug-likeness (QED) is 0.325. The highest BCUT2D eigenvalue weighted by molar-refractivity contribution is 7.99. The van der Waals surface area contributed by atoms with Gasteiger partial charge in [0.2, 0.25) is 0 Å². The number of rotatable bonds is 9. The van der Waals surface area contributed by atoms with Gasteiger partial charge in [-0.15, -0.1) is 5.10 Å². The smallest absolute Gasteiger partial charge is 0.274 e. The van der Waals surface area contributed by atoms with E-state index in [1.54, 1.807) is 28.8 Å². The number of benzene rings is 2. The summed E-state index contributed by atoms with van der Waals surface area (Å²) in [7, 11) is 0. The van der Waals surface area contributed by atoms with Crippen molar-refractivity contribution in [2.24, 2.45) is 0 Å². The number of hydrogen-bond acceptors (Lipinski definition) is 5. The fraction of sp³-hybridized carbons (Fsp3) is 0.273. The minimum atomic E-state index is -0.217. The molecular weight excluding hydrogens is 400 g/mol. The summed E-state index contributed by atoms with van der Waals surface area (Å²) in [6, 6.07) is 16.9. The molecule has 0 radical (unpaired) electrons. The second kappa shape index (κ2) is 9.13. The minimum absolute atomic E-state index is 0.209. The molecule has 0 spiro atoms. The van der Waals surface area contributed by atoms with Gasteiger partial charge in [-0.05, 0) is 37.0 Å². The van der Waals surface area contributed by atoms with Crippen LogP contribution in [0, 0.1) is 0 Å². The molecule has 3 aromatic rings. The van der Waals surface area contributed by atoms with Crippen molar-refractivity contribution in [2.75, 3.05) is 12.3 Å². The molecule has 2 heterocycles. The zero-order valence-electron chi connectivity index (χ0n) is 16.4. The first-order valence-corrected chi connectivity index (χ1v) is 10.9. The fourth-order valence-corrected chi connectivity index (χ4v) is 4.45. The number of H-pyrrole nitrogens is 1. The monoisotopic (exact) mass is 422 g/mol. The Bertz CT molecular complexity index is 1070. The van der Waals surface area contributed by atoms with Crippen LogP contribution in [-0.4, -0.2) is 43.8 Å². The van der Waals surface area contributed by atoms with Crippen LogP contribution in [0.1, 0.15) is 39.1 Å². The topological polar surface area (TPSA) is 88.1 Å². The standard InChI is InChI=1S/C22H22N4O3S/c27-19-17-10-4-5-11-18(17)20(28)25(19)13-6-7-15-30-22-24-23-21(29)26(22)14-12-16-8-2-1-3-9-16/h1-5,8-11H,6-7,12-15H2,(H,23,29). The maximum atomic E-state index is 12.4. The molecule has 7 nitrogen and oxygen atoms in total. The Morgan fingerprint density at radius 2 is 1.50 bits per heavy atom. The average Bonchev–Trinajstić information content (AvgIpc) is 3.24. The van der Waals surface area contributed by atoms with Crippen LogP contribution in [0.3, 0.4) is 0 Å². The van der Waals surface area contributed by atoms with Crippen LogP contribution < -0.4 is 5.69 Å². The molecule has 0 aliphatic carbocycles. The lowest BCUT2D eigenvalue weighted by atomic mass is 10.1. The van der Waals surface area contributed by atoms with E-state index in [1.807, 2.05) is 30.3 Å². The molecule has 0 saturated heterocycles. The van der Waals surface area contributed by atoms with E-state index in [-0.39, 0.29) is 17.5 Å². The van der Waals surface area contributed by atoms with E-state index in [0.717, 1.165) is 18.6 Å². The number of fused-ring (bicyclic) bond motifs is 1. The van der Waals surface area contributed by atoms with E-state index in [9.17, 15) is 14.4 Å². The Kier molecular flexibility index (Phi) is 6.13. The molecule has 0 atom stereocenters. The molecule has 30 heavy (non-hydrogen) atoms. The van der Waals surface area contributed by atoms with E-state index in [4.69, 9.17) is 0 Å². The van der Waals surface area contributed by atoms with Gasteiger partial charge in [-0.25, -0.2) is 9.89 Å². The number of aromatic amines is 1. The molecule has 2 aromatic carbocycles. The number of thioether (sulfide) groups is 1. The Hall–Kier alpha value is -3.13. The van der Waals surface area contributed by atoms with Gasteiger partial charge in [-0.3, -0.25) is 19.1 Å². The third-order valence-electron chi connectivity index (χ3n) is 5.08. The van der Waals surface area contributed by atoms with Gasteiger partial charge in [-0.2, -0.15) is 0 Å². The first kappa shape index (κ1) is 20.2. The number of unbranched alkanes of at least 4 members (excludes halogenated alkanes) is 1. The summed E-state index contributed by atoms with van der Waals surface area (Å²) in [6.45, 7) is 0.963. The van der Waals surface area contributed by atoms with Crippen LogP contribution in [0.4, 0.5) is 0 Å². The number of amides is 2. The molecule has 1 aliphatic heterocycles. The van der Waals surface area contributed by atoms with Crippen LogP contribution >= 0.6 is 11.8 Å². The van der Waals surface area contributed by atoms with Gasteiger partial charge in [0.05, 0.1) is 11.1 Å². The van der Waals surface area contributed by atoms with E-state index in [1.165, 1.54) is 22.2 Å². The number of carbonyl (C=O) groups is 2. The lowest BCUT2D eigenvalue weighted by Crippen LogP contribution is -2.30. The van der Waals surface area contributed by atoms with Crippen molar-refractivity contribution in [1.82, 2.24) is 19.7 Å². The highest BCUT2D eigenvalue weighted by Gasteiger charge is 2.34. The summed E-state index contributed by atoms with van der Waals surface area (Å²) in [6.07, 6.45) is 2.27. The van der Waals surface area contributed by atoms with Crippen molar-refractivity contribution in [3.63, 3.8) is 0 Å². The Morgan fingerprint density at radius 1 is 0.833 bits per heavy atom. The van der Waals surface area contributed by atoms with Crippen LogP contribution in [0.25, 0.3) is 0 Å². The van der Waals surface area contributed by atoms with Gasteiger partial charge in [0.15, 0.2) is 5.16 Å². The number of imide groups is 1. The molecule has 1 N–H and O–H groups in total. The van der Waals surface area contributed by atoms with Crippen molar-refractivity contribution < 1.29 is 9.59 Å². The third kappa shape index (κ3) is 4.23. The summed E-state index contributed by atoms with van der Waals surface area (Å²) in [4.78, 5) is 38.1. The number of carbonyl (C=O) groups excluding carboxylic acids is 2. The Morgan fingerprint density at radius 3 is 2.20 bits per heavy atom. The number of aromatic nitrogens is 3. The molecule has 1 aromatic heterocycles. The van der Waals surface area contributed by atoms with Gasteiger partial charge < -0.3 is 0 Å². The van der Waals surface area contributed by atoms with Crippen molar-refractivity contribution >= 4 is 23.6 Å². The SMILES string of the molecule is O=C1c2ccccc2C(=O)N1CCCCSc1n[nH]c(=O)n1CCc1ccccc1. The van der Waals surface area contributed by atoms with Crippen LogP contribution in [0.2, 0.25) is 0 Å². The van der Waals surface area contributed by atoms with Gasteiger partial charge in [0.25, 0.3) is 11.8 Å². The second-order valence-electron chi connectivity index (χ2n) is 7.06. The normalized spacial score (nSPS) is 13.1. The summed E-state index contributed by atoms with van der Waals surface area (Å²) < 4.78 is 1.65. The maximum Gasteiger partial charge on any atom is 0.343 e. The lowest BCUT2D eigenvalue weighted by molar-refractivity contribution is 0.0652. The first-order chi connectivity index (χ1) is 14.6. The van der Waals surface area contributed by atoms with E-state index in [0.29, 0.717) is 35.8 Å². The third-order valence-corrected chi connectivity index (χ3v) is 6.14. The van der Waals surface area contributed by atoms with Crippen molar-refractivity contribution in [1.29, 1.82) is 0 Å². The molecule has 154 valence electrons. The zero-order valence-corrected chi connectivity index (χ0v) is 17.2. The number of aryl methyl sites for hydroxylation is 1. The minimum Gasteiger partial charge on any atom is -0.274 e. The predicted molar refractivity (Wildman–Crippen MR) is 115 cm³/mol. The van der Waals surface area contributed by atoms with E-state index in [2.05, 4.69) is 10.2 Å². The van der Waals surface area contributed by atoms with Crippen molar-refractivity contribution in [2.45, 2.75) is 31.0 Å². The highest BCUT2D eigenvalue weighted by Crippen LogP contribution is 2.23. The number of nitrogens with one attached hydrogen (secondary N) is 1. The summed E-state index contributed by atoms with van der Waals surface area (Å²) in [5, 5.41) is 7.31. The van der Waals surface area contributed by atoms with E-state index < -0.39 is 0 Å². The Labute approximate surface area is 178 Å². The second-order valence-corrected chi connectivity index (χ2v) is 8.12. The average molecular weight is 423 g/mol.